The number of carbonyl (C=O) groups is 2. The number of aliphatic carboxylic acids is 1. The monoisotopic (exact) mass is 438 g/mol. The first-order chi connectivity index (χ1) is 14.6. The number of amides is 1. The molecule has 2 unspecified atom stereocenters. The first kappa shape index (κ1) is 22.8. The van der Waals surface area contributed by atoms with Crippen molar-refractivity contribution < 1.29 is 27.9 Å². The van der Waals surface area contributed by atoms with Crippen molar-refractivity contribution in [2.45, 2.75) is 32.0 Å². The number of hydrogen-bond acceptors (Lipinski definition) is 5. The van der Waals surface area contributed by atoms with Crippen LogP contribution >= 0.6 is 0 Å². The second-order valence-electron chi connectivity index (χ2n) is 7.85. The number of carbonyl (C=O) groups excluding carboxylic acids is 1. The molecule has 0 saturated carbocycles. The molecule has 1 aliphatic heterocycles. The second kappa shape index (κ2) is 9.51. The summed E-state index contributed by atoms with van der Waals surface area (Å²) in [7, 11) is 0. The number of carboxylic acid groups (broad SMARTS) is 1. The molecule has 0 radical (unpaired) electrons. The van der Waals surface area contributed by atoms with Crippen LogP contribution in [-0.4, -0.2) is 54.2 Å². The zero-order valence-corrected chi connectivity index (χ0v) is 17.1. The van der Waals surface area contributed by atoms with Gasteiger partial charge >= 0.3 is 12.1 Å². The average molecular weight is 438 g/mol. The van der Waals surface area contributed by atoms with Gasteiger partial charge in [-0.25, -0.2) is 0 Å². The molecule has 31 heavy (non-hydrogen) atoms. The van der Waals surface area contributed by atoms with E-state index in [2.05, 4.69) is 27.4 Å². The van der Waals surface area contributed by atoms with Gasteiger partial charge in [0.2, 0.25) is 5.91 Å². The zero-order valence-electron chi connectivity index (χ0n) is 17.1. The lowest BCUT2D eigenvalue weighted by Gasteiger charge is -2.39. The Morgan fingerprint density at radius 1 is 1.23 bits per heavy atom. The van der Waals surface area contributed by atoms with E-state index in [0.29, 0.717) is 43.2 Å². The van der Waals surface area contributed by atoms with Gasteiger partial charge in [0, 0.05) is 49.5 Å². The number of aromatic nitrogens is 1. The summed E-state index contributed by atoms with van der Waals surface area (Å²) >= 11 is 0. The summed E-state index contributed by atoms with van der Waals surface area (Å²) in [6, 6.07) is 5.97. The lowest BCUT2D eigenvalue weighted by molar-refractivity contribution is -0.141. The lowest BCUT2D eigenvalue weighted by Crippen LogP contribution is -2.50. The van der Waals surface area contributed by atoms with Crippen molar-refractivity contribution in [2.75, 3.05) is 31.1 Å². The van der Waals surface area contributed by atoms with Gasteiger partial charge < -0.3 is 20.6 Å². The van der Waals surface area contributed by atoms with Crippen LogP contribution in [0.4, 0.5) is 18.9 Å². The summed E-state index contributed by atoms with van der Waals surface area (Å²) in [4.78, 5) is 28.0. The highest BCUT2D eigenvalue weighted by Crippen LogP contribution is 2.38. The fourth-order valence-electron chi connectivity index (χ4n) is 4.04. The van der Waals surface area contributed by atoms with E-state index in [1.807, 2.05) is 0 Å². The Morgan fingerprint density at radius 2 is 2.00 bits per heavy atom. The van der Waals surface area contributed by atoms with Crippen LogP contribution in [0.15, 0.2) is 30.5 Å². The largest absolute Gasteiger partial charge is 0.481 e. The number of benzene rings is 1. The number of nitrogens with one attached hydrogen (secondary N) is 2. The molecule has 0 spiro atoms. The number of fused-ring (bicyclic) bond motifs is 1. The van der Waals surface area contributed by atoms with Crippen molar-refractivity contribution >= 4 is 28.5 Å². The maximum absolute atomic E-state index is 13.4. The van der Waals surface area contributed by atoms with Crippen LogP contribution in [0.3, 0.4) is 0 Å². The fourth-order valence-corrected chi connectivity index (χ4v) is 4.04. The number of rotatable bonds is 7. The molecule has 1 aliphatic rings. The Kier molecular flexibility index (Phi) is 6.99. The van der Waals surface area contributed by atoms with Gasteiger partial charge in [0.05, 0.1) is 11.1 Å². The number of carboxylic acids is 1. The molecule has 10 heteroatoms. The minimum atomic E-state index is -4.48. The lowest BCUT2D eigenvalue weighted by atomic mass is 9.94. The molecular formula is C21H25F3N4O3. The van der Waals surface area contributed by atoms with Crippen molar-refractivity contribution in [3.8, 4) is 0 Å². The molecule has 1 amide bonds. The minimum Gasteiger partial charge on any atom is -0.481 e. The zero-order chi connectivity index (χ0) is 22.6. The summed E-state index contributed by atoms with van der Waals surface area (Å²) in [5.74, 6) is -1.42. The van der Waals surface area contributed by atoms with Crippen LogP contribution in [-0.2, 0) is 15.8 Å². The number of anilines is 1. The van der Waals surface area contributed by atoms with Crippen molar-refractivity contribution in [1.29, 1.82) is 0 Å². The van der Waals surface area contributed by atoms with Crippen molar-refractivity contribution in [1.82, 2.24) is 15.6 Å². The standard InChI is InChI=1S/C21H25F3N4O3/c1-13-9-14(25-7-8-26-18(29)10-19(30)31)12-28(11-13)17-5-4-16(21(22,23)24)20-15(17)3-2-6-27-20/h2-6,13-14,25H,7-12H2,1H3,(H,26,29)(H,30,31). The summed E-state index contributed by atoms with van der Waals surface area (Å²) in [5.41, 5.74) is -0.0933. The highest BCUT2D eigenvalue weighted by molar-refractivity contribution is 5.94. The summed E-state index contributed by atoms with van der Waals surface area (Å²) in [5, 5.41) is 14.9. The molecule has 1 fully saturated rings. The third-order valence-electron chi connectivity index (χ3n) is 5.24. The number of alkyl halides is 3. The number of hydrogen-bond donors (Lipinski definition) is 3. The molecule has 3 rings (SSSR count). The van der Waals surface area contributed by atoms with Crippen molar-refractivity contribution in [3.05, 3.63) is 36.0 Å². The molecule has 2 atom stereocenters. The number of pyridine rings is 1. The van der Waals surface area contributed by atoms with Gasteiger partial charge in [-0.15, -0.1) is 0 Å². The Hall–Kier alpha value is -2.88. The van der Waals surface area contributed by atoms with Gasteiger partial charge in [-0.05, 0) is 36.6 Å². The van der Waals surface area contributed by atoms with Crippen molar-refractivity contribution in [2.24, 2.45) is 5.92 Å². The van der Waals surface area contributed by atoms with Crippen LogP contribution < -0.4 is 15.5 Å². The Bertz CT molecular complexity index is 951. The third kappa shape index (κ3) is 5.84. The average Bonchev–Trinajstić information content (AvgIpc) is 2.68. The Labute approximate surface area is 177 Å². The van der Waals surface area contributed by atoms with Crippen LogP contribution in [0.1, 0.15) is 25.3 Å². The van der Waals surface area contributed by atoms with E-state index < -0.39 is 30.0 Å². The predicted octanol–water partition coefficient (Wildman–Crippen LogP) is 2.65. The fraction of sp³-hybridized carbons (Fsp3) is 0.476. The molecule has 2 heterocycles. The van der Waals surface area contributed by atoms with E-state index in [0.717, 1.165) is 12.5 Å². The number of nitrogens with zero attached hydrogens (tertiary/aromatic N) is 2. The highest BCUT2D eigenvalue weighted by Gasteiger charge is 2.34. The molecule has 7 nitrogen and oxygen atoms in total. The highest BCUT2D eigenvalue weighted by atomic mass is 19.4. The molecule has 0 bridgehead atoms. The maximum atomic E-state index is 13.4. The van der Waals surface area contributed by atoms with Gasteiger partial charge in [-0.1, -0.05) is 6.92 Å². The SMILES string of the molecule is CC1CC(NCCNC(=O)CC(=O)O)CN(c2ccc(C(F)(F)F)c3ncccc23)C1. The molecule has 1 saturated heterocycles. The molecule has 168 valence electrons. The molecule has 1 aromatic carbocycles. The van der Waals surface area contributed by atoms with E-state index >= 15 is 0 Å². The van der Waals surface area contributed by atoms with Crippen LogP contribution in [0, 0.1) is 5.92 Å². The van der Waals surface area contributed by atoms with Gasteiger partial charge in [0.25, 0.3) is 0 Å². The van der Waals surface area contributed by atoms with Gasteiger partial charge in [0.1, 0.15) is 6.42 Å². The maximum Gasteiger partial charge on any atom is 0.418 e. The van der Waals surface area contributed by atoms with E-state index in [-0.39, 0.29) is 11.6 Å². The second-order valence-corrected chi connectivity index (χ2v) is 7.85. The van der Waals surface area contributed by atoms with Gasteiger partial charge in [0.15, 0.2) is 0 Å². The first-order valence-corrected chi connectivity index (χ1v) is 10.1. The first-order valence-electron chi connectivity index (χ1n) is 10.1. The van der Waals surface area contributed by atoms with Gasteiger partial charge in [-0.2, -0.15) is 13.2 Å². The normalized spacial score (nSPS) is 19.4. The smallest absolute Gasteiger partial charge is 0.418 e. The van der Waals surface area contributed by atoms with E-state index in [1.54, 1.807) is 12.1 Å². The van der Waals surface area contributed by atoms with E-state index in [4.69, 9.17) is 5.11 Å². The molecule has 0 aliphatic carbocycles. The number of piperidine rings is 1. The molecule has 3 N–H and O–H groups in total. The summed E-state index contributed by atoms with van der Waals surface area (Å²) in [6.45, 7) is 4.15. The Balaban J connectivity index is 1.70. The summed E-state index contributed by atoms with van der Waals surface area (Å²) < 4.78 is 40.2. The van der Waals surface area contributed by atoms with E-state index in [1.165, 1.54) is 12.3 Å². The Morgan fingerprint density at radius 3 is 2.71 bits per heavy atom. The van der Waals surface area contributed by atoms with Crippen LogP contribution in [0.2, 0.25) is 0 Å². The van der Waals surface area contributed by atoms with Gasteiger partial charge in [-0.3, -0.25) is 14.6 Å². The van der Waals surface area contributed by atoms with Crippen LogP contribution in [0.5, 0.6) is 0 Å². The third-order valence-corrected chi connectivity index (χ3v) is 5.24. The number of halogens is 3. The predicted molar refractivity (Wildman–Crippen MR) is 110 cm³/mol. The molecule has 2 aromatic rings. The minimum absolute atomic E-state index is 0.0589. The van der Waals surface area contributed by atoms with E-state index in [9.17, 15) is 22.8 Å². The molecule has 1 aromatic heterocycles. The summed E-state index contributed by atoms with van der Waals surface area (Å²) in [6.07, 6.45) is -2.79. The van der Waals surface area contributed by atoms with Crippen LogP contribution in [0.25, 0.3) is 10.9 Å². The molecular weight excluding hydrogens is 413 g/mol. The quantitative estimate of drug-likeness (QED) is 0.455. The topological polar surface area (TPSA) is 94.6 Å². The van der Waals surface area contributed by atoms with Crippen molar-refractivity contribution in [3.63, 3.8) is 0 Å².